The van der Waals surface area contributed by atoms with Crippen molar-refractivity contribution in [1.82, 2.24) is 15.2 Å². The van der Waals surface area contributed by atoms with Crippen LogP contribution in [0.3, 0.4) is 0 Å². The number of amides is 2. The van der Waals surface area contributed by atoms with Crippen LogP contribution in [0.15, 0.2) is 29.6 Å². The average Bonchev–Trinajstić information content (AvgIpc) is 2.90. The molecule has 22 heavy (non-hydrogen) atoms. The van der Waals surface area contributed by atoms with E-state index in [-0.39, 0.29) is 12.1 Å². The Labute approximate surface area is 140 Å². The van der Waals surface area contributed by atoms with Crippen LogP contribution in [0, 0.1) is 6.92 Å². The SMILES string of the molecule is CCC(NC(=O)N(C)Cc1csc(C)n1)c1ccc(Cl)cc1. The number of aryl methyl sites for hydroxylation is 1. The number of nitrogens with one attached hydrogen (secondary N) is 1. The molecule has 1 unspecified atom stereocenters. The molecule has 2 rings (SSSR count). The minimum absolute atomic E-state index is 0.0237. The Morgan fingerprint density at radius 3 is 2.64 bits per heavy atom. The summed E-state index contributed by atoms with van der Waals surface area (Å²) in [6.07, 6.45) is 0.816. The molecule has 4 nitrogen and oxygen atoms in total. The van der Waals surface area contributed by atoms with Gasteiger partial charge >= 0.3 is 6.03 Å². The van der Waals surface area contributed by atoms with Crippen LogP contribution in [-0.4, -0.2) is 23.0 Å². The Balaban J connectivity index is 1.97. The molecule has 2 aromatic rings. The summed E-state index contributed by atoms with van der Waals surface area (Å²) in [7, 11) is 1.78. The number of halogens is 1. The van der Waals surface area contributed by atoms with Crippen molar-refractivity contribution >= 4 is 29.0 Å². The van der Waals surface area contributed by atoms with Gasteiger partial charge in [0.05, 0.1) is 23.3 Å². The number of carbonyl (C=O) groups is 1. The maximum atomic E-state index is 12.3. The van der Waals surface area contributed by atoms with Crippen LogP contribution in [0.5, 0.6) is 0 Å². The molecule has 0 bridgehead atoms. The largest absolute Gasteiger partial charge is 0.331 e. The molecule has 2 amide bonds. The van der Waals surface area contributed by atoms with Crippen LogP contribution in [0.4, 0.5) is 4.79 Å². The quantitative estimate of drug-likeness (QED) is 0.879. The first-order valence-corrected chi connectivity index (χ1v) is 8.43. The second-order valence-corrected chi connectivity index (χ2v) is 6.67. The molecule has 1 N–H and O–H groups in total. The smallest absolute Gasteiger partial charge is 0.317 e. The van der Waals surface area contributed by atoms with Gasteiger partial charge in [-0.1, -0.05) is 30.7 Å². The fourth-order valence-electron chi connectivity index (χ4n) is 2.17. The van der Waals surface area contributed by atoms with Gasteiger partial charge in [-0.2, -0.15) is 0 Å². The molecule has 0 aliphatic heterocycles. The lowest BCUT2D eigenvalue weighted by Crippen LogP contribution is -2.38. The Bertz CT molecular complexity index is 627. The Kier molecular flexibility index (Phi) is 5.80. The first-order chi connectivity index (χ1) is 10.5. The number of hydrogen-bond donors (Lipinski definition) is 1. The summed E-state index contributed by atoms with van der Waals surface area (Å²) in [6, 6.07) is 7.44. The van der Waals surface area contributed by atoms with Crippen molar-refractivity contribution in [3.05, 3.63) is 50.9 Å². The van der Waals surface area contributed by atoms with E-state index in [1.54, 1.807) is 23.3 Å². The van der Waals surface area contributed by atoms with Crippen molar-refractivity contribution in [3.63, 3.8) is 0 Å². The van der Waals surface area contributed by atoms with E-state index in [4.69, 9.17) is 11.6 Å². The Hall–Kier alpha value is -1.59. The second kappa shape index (κ2) is 7.61. The number of carbonyl (C=O) groups excluding carboxylic acids is 1. The molecular weight excluding hydrogens is 318 g/mol. The minimum atomic E-state index is -0.104. The number of aromatic nitrogens is 1. The van der Waals surface area contributed by atoms with Crippen LogP contribution in [-0.2, 0) is 6.54 Å². The monoisotopic (exact) mass is 337 g/mol. The molecule has 1 aromatic heterocycles. The number of thiazole rings is 1. The third-order valence-electron chi connectivity index (χ3n) is 3.39. The van der Waals surface area contributed by atoms with E-state index in [0.29, 0.717) is 11.6 Å². The van der Waals surface area contributed by atoms with Crippen LogP contribution in [0.25, 0.3) is 0 Å². The number of benzene rings is 1. The molecule has 0 aliphatic carbocycles. The summed E-state index contributed by atoms with van der Waals surface area (Å²) in [4.78, 5) is 18.4. The summed E-state index contributed by atoms with van der Waals surface area (Å²) >= 11 is 7.50. The van der Waals surface area contributed by atoms with E-state index in [2.05, 4.69) is 10.3 Å². The number of urea groups is 1. The lowest BCUT2D eigenvalue weighted by Gasteiger charge is -2.22. The molecule has 6 heteroatoms. The summed E-state index contributed by atoms with van der Waals surface area (Å²) < 4.78 is 0. The van der Waals surface area contributed by atoms with Gasteiger partial charge < -0.3 is 10.2 Å². The topological polar surface area (TPSA) is 45.2 Å². The molecular formula is C16H20ClN3OS. The van der Waals surface area contributed by atoms with Gasteiger partial charge in [0.2, 0.25) is 0 Å². The van der Waals surface area contributed by atoms with E-state index in [0.717, 1.165) is 22.7 Å². The van der Waals surface area contributed by atoms with Gasteiger partial charge in [0.15, 0.2) is 0 Å². The van der Waals surface area contributed by atoms with E-state index >= 15 is 0 Å². The average molecular weight is 338 g/mol. The predicted molar refractivity (Wildman–Crippen MR) is 91.3 cm³/mol. The van der Waals surface area contributed by atoms with E-state index in [1.807, 2.05) is 43.5 Å². The Morgan fingerprint density at radius 2 is 2.09 bits per heavy atom. The Morgan fingerprint density at radius 1 is 1.41 bits per heavy atom. The number of rotatable bonds is 5. The second-order valence-electron chi connectivity index (χ2n) is 5.18. The standard InChI is InChI=1S/C16H20ClN3OS/c1-4-15(12-5-7-13(17)8-6-12)19-16(21)20(3)9-14-10-22-11(2)18-14/h5-8,10,15H,4,9H2,1-3H3,(H,19,21). The van der Waals surface area contributed by atoms with E-state index in [1.165, 1.54) is 0 Å². The van der Waals surface area contributed by atoms with E-state index in [9.17, 15) is 4.79 Å². The maximum absolute atomic E-state index is 12.3. The highest BCUT2D eigenvalue weighted by atomic mass is 35.5. The van der Waals surface area contributed by atoms with Crippen molar-refractivity contribution in [2.45, 2.75) is 32.9 Å². The normalized spacial score (nSPS) is 12.0. The highest BCUT2D eigenvalue weighted by molar-refractivity contribution is 7.09. The summed E-state index contributed by atoms with van der Waals surface area (Å²) in [5.41, 5.74) is 1.97. The van der Waals surface area contributed by atoms with Crippen LogP contribution in [0.1, 0.15) is 35.7 Å². The zero-order valence-corrected chi connectivity index (χ0v) is 14.5. The van der Waals surface area contributed by atoms with Gasteiger partial charge in [-0.25, -0.2) is 9.78 Å². The fraction of sp³-hybridized carbons (Fsp3) is 0.375. The molecule has 0 radical (unpaired) electrons. The van der Waals surface area contributed by atoms with Crippen molar-refractivity contribution < 1.29 is 4.79 Å². The zero-order valence-electron chi connectivity index (χ0n) is 13.0. The van der Waals surface area contributed by atoms with Crippen LogP contribution < -0.4 is 5.32 Å². The highest BCUT2D eigenvalue weighted by Gasteiger charge is 2.16. The van der Waals surface area contributed by atoms with Crippen molar-refractivity contribution in [2.75, 3.05) is 7.05 Å². The minimum Gasteiger partial charge on any atom is -0.331 e. The van der Waals surface area contributed by atoms with Gasteiger partial charge in [0, 0.05) is 17.5 Å². The molecule has 0 saturated carbocycles. The third-order valence-corrected chi connectivity index (χ3v) is 4.47. The highest BCUT2D eigenvalue weighted by Crippen LogP contribution is 2.19. The van der Waals surface area contributed by atoms with Crippen LogP contribution in [0.2, 0.25) is 5.02 Å². The molecule has 1 atom stereocenters. The van der Waals surface area contributed by atoms with Crippen LogP contribution >= 0.6 is 22.9 Å². The molecule has 118 valence electrons. The first kappa shape index (κ1) is 16.8. The van der Waals surface area contributed by atoms with Crippen molar-refractivity contribution in [3.8, 4) is 0 Å². The molecule has 1 aromatic carbocycles. The lowest BCUT2D eigenvalue weighted by molar-refractivity contribution is 0.202. The number of hydrogen-bond acceptors (Lipinski definition) is 3. The van der Waals surface area contributed by atoms with Gasteiger partial charge in [-0.3, -0.25) is 0 Å². The van der Waals surface area contributed by atoms with Crippen molar-refractivity contribution in [2.24, 2.45) is 0 Å². The maximum Gasteiger partial charge on any atom is 0.317 e. The van der Waals surface area contributed by atoms with Gasteiger partial charge in [-0.05, 0) is 31.0 Å². The van der Waals surface area contributed by atoms with E-state index < -0.39 is 0 Å². The predicted octanol–water partition coefficient (Wildman–Crippen LogP) is 4.40. The van der Waals surface area contributed by atoms with Gasteiger partial charge in [-0.15, -0.1) is 11.3 Å². The van der Waals surface area contributed by atoms with Gasteiger partial charge in [0.25, 0.3) is 0 Å². The molecule has 1 heterocycles. The molecule has 0 saturated heterocycles. The number of nitrogens with zero attached hydrogens (tertiary/aromatic N) is 2. The first-order valence-electron chi connectivity index (χ1n) is 7.17. The summed E-state index contributed by atoms with van der Waals surface area (Å²) in [5, 5.41) is 6.74. The lowest BCUT2D eigenvalue weighted by atomic mass is 10.1. The fourth-order valence-corrected chi connectivity index (χ4v) is 2.90. The molecule has 0 spiro atoms. The molecule has 0 fully saturated rings. The summed E-state index contributed by atoms with van der Waals surface area (Å²) in [6.45, 7) is 4.51. The van der Waals surface area contributed by atoms with Gasteiger partial charge in [0.1, 0.15) is 0 Å². The van der Waals surface area contributed by atoms with Crippen molar-refractivity contribution in [1.29, 1.82) is 0 Å². The molecule has 0 aliphatic rings. The summed E-state index contributed by atoms with van der Waals surface area (Å²) in [5.74, 6) is 0. The third kappa shape index (κ3) is 4.45. The zero-order chi connectivity index (χ0) is 16.1.